The molecule has 2 aliphatic rings. The molecule has 1 heterocycles. The number of piperazine rings is 1. The average Bonchev–Trinajstić information content (AvgIpc) is 2.80. The van der Waals surface area contributed by atoms with E-state index >= 15 is 0 Å². The molecule has 1 N–H and O–H groups in total. The second-order valence-corrected chi connectivity index (χ2v) is 8.51. The highest BCUT2D eigenvalue weighted by Gasteiger charge is 2.45. The van der Waals surface area contributed by atoms with E-state index < -0.39 is 0 Å². The zero-order valence-electron chi connectivity index (χ0n) is 13.3. The van der Waals surface area contributed by atoms with Crippen LogP contribution in [0.3, 0.4) is 0 Å². The second-order valence-electron chi connectivity index (χ2n) is 7.52. The Morgan fingerprint density at radius 1 is 1.26 bits per heavy atom. The van der Waals surface area contributed by atoms with Crippen molar-refractivity contribution in [3.63, 3.8) is 0 Å². The van der Waals surface area contributed by atoms with Gasteiger partial charge in [0.25, 0.3) is 0 Å². The standard InChI is InChI=1S/C16H32N2S/c1-15(2,3)14-12-18(10-7-11-19-4)16(13-17-14)8-5-6-9-16/h14,17H,5-13H2,1-4H3. The fourth-order valence-electron chi connectivity index (χ4n) is 3.74. The molecular formula is C16H32N2S. The maximum absolute atomic E-state index is 3.87. The van der Waals surface area contributed by atoms with Crippen LogP contribution in [-0.2, 0) is 0 Å². The minimum absolute atomic E-state index is 0.373. The Labute approximate surface area is 124 Å². The topological polar surface area (TPSA) is 15.3 Å². The van der Waals surface area contributed by atoms with Crippen molar-refractivity contribution in [1.82, 2.24) is 10.2 Å². The molecule has 112 valence electrons. The molecule has 0 bridgehead atoms. The van der Waals surface area contributed by atoms with Gasteiger partial charge in [-0.2, -0.15) is 11.8 Å². The summed E-state index contributed by atoms with van der Waals surface area (Å²) >= 11 is 1.99. The summed E-state index contributed by atoms with van der Waals surface area (Å²) in [5.41, 5.74) is 0.873. The first-order valence-electron chi connectivity index (χ1n) is 7.95. The van der Waals surface area contributed by atoms with Gasteiger partial charge in [-0.3, -0.25) is 4.90 Å². The first kappa shape index (κ1) is 15.7. The highest BCUT2D eigenvalue weighted by atomic mass is 32.2. The SMILES string of the molecule is CSCCCN1CC(C(C)(C)C)NCC12CCCC2. The third-order valence-corrected chi connectivity index (χ3v) is 5.80. The molecule has 1 unspecified atom stereocenters. The van der Waals surface area contributed by atoms with Gasteiger partial charge in [-0.15, -0.1) is 0 Å². The van der Waals surface area contributed by atoms with Crippen LogP contribution in [0.1, 0.15) is 52.9 Å². The monoisotopic (exact) mass is 284 g/mol. The summed E-state index contributed by atoms with van der Waals surface area (Å²) in [5, 5.41) is 3.87. The third-order valence-electron chi connectivity index (χ3n) is 5.11. The minimum Gasteiger partial charge on any atom is -0.310 e. The van der Waals surface area contributed by atoms with E-state index in [1.807, 2.05) is 11.8 Å². The smallest absolute Gasteiger partial charge is 0.0334 e. The molecule has 1 saturated carbocycles. The van der Waals surface area contributed by atoms with Crippen molar-refractivity contribution in [3.05, 3.63) is 0 Å². The van der Waals surface area contributed by atoms with E-state index in [1.165, 1.54) is 57.5 Å². The molecule has 1 atom stereocenters. The van der Waals surface area contributed by atoms with Crippen LogP contribution in [0, 0.1) is 5.41 Å². The highest BCUT2D eigenvalue weighted by molar-refractivity contribution is 7.98. The molecule has 2 fully saturated rings. The van der Waals surface area contributed by atoms with E-state index in [-0.39, 0.29) is 0 Å². The first-order valence-corrected chi connectivity index (χ1v) is 9.35. The third kappa shape index (κ3) is 3.68. The van der Waals surface area contributed by atoms with Crippen LogP contribution in [0.2, 0.25) is 0 Å². The van der Waals surface area contributed by atoms with Crippen molar-refractivity contribution >= 4 is 11.8 Å². The molecule has 19 heavy (non-hydrogen) atoms. The van der Waals surface area contributed by atoms with Crippen molar-refractivity contribution < 1.29 is 0 Å². The number of thioether (sulfide) groups is 1. The highest BCUT2D eigenvalue weighted by Crippen LogP contribution is 2.38. The summed E-state index contributed by atoms with van der Waals surface area (Å²) in [5.74, 6) is 1.31. The lowest BCUT2D eigenvalue weighted by molar-refractivity contribution is 0.0175. The molecule has 1 aliphatic carbocycles. The lowest BCUT2D eigenvalue weighted by atomic mass is 9.81. The quantitative estimate of drug-likeness (QED) is 0.797. The first-order chi connectivity index (χ1) is 8.98. The molecule has 0 amide bonds. The summed E-state index contributed by atoms with van der Waals surface area (Å²) in [6.07, 6.45) is 9.26. The van der Waals surface area contributed by atoms with Gasteiger partial charge in [0.1, 0.15) is 0 Å². The maximum atomic E-state index is 3.87. The molecular weight excluding hydrogens is 252 g/mol. The van der Waals surface area contributed by atoms with Gasteiger partial charge in [0.2, 0.25) is 0 Å². The Balaban J connectivity index is 2.01. The van der Waals surface area contributed by atoms with Gasteiger partial charge in [0, 0.05) is 24.7 Å². The number of hydrogen-bond donors (Lipinski definition) is 1. The second kappa shape index (κ2) is 6.36. The van der Waals surface area contributed by atoms with Gasteiger partial charge in [-0.05, 0) is 43.2 Å². The molecule has 1 saturated heterocycles. The van der Waals surface area contributed by atoms with Gasteiger partial charge >= 0.3 is 0 Å². The molecule has 3 heteroatoms. The van der Waals surface area contributed by atoms with Gasteiger partial charge in [0.15, 0.2) is 0 Å². The molecule has 0 radical (unpaired) electrons. The number of nitrogens with one attached hydrogen (secondary N) is 1. The summed E-state index contributed by atoms with van der Waals surface area (Å²) in [6, 6.07) is 0.646. The molecule has 0 aromatic rings. The number of nitrogens with zero attached hydrogens (tertiary/aromatic N) is 1. The average molecular weight is 285 g/mol. The van der Waals surface area contributed by atoms with E-state index in [0.717, 1.165) is 0 Å². The lowest BCUT2D eigenvalue weighted by Gasteiger charge is -2.51. The van der Waals surface area contributed by atoms with E-state index in [0.29, 0.717) is 17.0 Å². The van der Waals surface area contributed by atoms with Gasteiger partial charge in [-0.25, -0.2) is 0 Å². The molecule has 2 nitrogen and oxygen atoms in total. The Kier molecular flexibility index (Phi) is 5.24. The van der Waals surface area contributed by atoms with Crippen LogP contribution in [-0.4, -0.2) is 48.1 Å². The van der Waals surface area contributed by atoms with E-state index in [9.17, 15) is 0 Å². The zero-order valence-corrected chi connectivity index (χ0v) is 14.1. The molecule has 0 aromatic heterocycles. The summed E-state index contributed by atoms with van der Waals surface area (Å²) in [7, 11) is 0. The molecule has 1 spiro atoms. The van der Waals surface area contributed by atoms with Gasteiger partial charge < -0.3 is 5.32 Å². The Hall–Kier alpha value is 0.270. The van der Waals surface area contributed by atoms with E-state index in [4.69, 9.17) is 0 Å². The maximum Gasteiger partial charge on any atom is 0.0334 e. The van der Waals surface area contributed by atoms with Crippen LogP contribution in [0.15, 0.2) is 0 Å². The minimum atomic E-state index is 0.373. The lowest BCUT2D eigenvalue weighted by Crippen LogP contribution is -2.66. The Morgan fingerprint density at radius 3 is 2.53 bits per heavy atom. The van der Waals surface area contributed by atoms with Crippen LogP contribution in [0.25, 0.3) is 0 Å². The van der Waals surface area contributed by atoms with Gasteiger partial charge in [-0.1, -0.05) is 33.6 Å². The van der Waals surface area contributed by atoms with Crippen molar-refractivity contribution in [2.24, 2.45) is 5.41 Å². The zero-order chi connectivity index (χ0) is 13.9. The summed E-state index contributed by atoms with van der Waals surface area (Å²) in [4.78, 5) is 2.85. The van der Waals surface area contributed by atoms with E-state index in [1.54, 1.807) is 0 Å². The molecule has 2 rings (SSSR count). The molecule has 0 aromatic carbocycles. The Bertz CT molecular complexity index is 279. The fourth-order valence-corrected chi connectivity index (χ4v) is 4.16. The number of hydrogen-bond acceptors (Lipinski definition) is 3. The van der Waals surface area contributed by atoms with Crippen LogP contribution >= 0.6 is 11.8 Å². The Morgan fingerprint density at radius 2 is 1.95 bits per heavy atom. The van der Waals surface area contributed by atoms with Crippen molar-refractivity contribution in [2.45, 2.75) is 64.5 Å². The largest absolute Gasteiger partial charge is 0.310 e. The predicted octanol–water partition coefficient (Wildman–Crippen LogP) is 3.37. The van der Waals surface area contributed by atoms with Crippen LogP contribution in [0.5, 0.6) is 0 Å². The fraction of sp³-hybridized carbons (Fsp3) is 1.00. The van der Waals surface area contributed by atoms with Crippen LogP contribution in [0.4, 0.5) is 0 Å². The van der Waals surface area contributed by atoms with Crippen molar-refractivity contribution in [2.75, 3.05) is 31.6 Å². The van der Waals surface area contributed by atoms with Crippen molar-refractivity contribution in [3.8, 4) is 0 Å². The van der Waals surface area contributed by atoms with Crippen LogP contribution < -0.4 is 5.32 Å². The normalized spacial score (nSPS) is 28.1. The molecule has 1 aliphatic heterocycles. The summed E-state index contributed by atoms with van der Waals surface area (Å²) < 4.78 is 0. The summed E-state index contributed by atoms with van der Waals surface area (Å²) in [6.45, 7) is 10.9. The van der Waals surface area contributed by atoms with Crippen molar-refractivity contribution in [1.29, 1.82) is 0 Å². The van der Waals surface area contributed by atoms with E-state index in [2.05, 4.69) is 37.2 Å². The predicted molar refractivity (Wildman–Crippen MR) is 87.0 cm³/mol. The van der Waals surface area contributed by atoms with Gasteiger partial charge in [0.05, 0.1) is 0 Å². The number of rotatable bonds is 4.